The standard InChI is InChI=1S/C75H126N2/c1-5-9-13-15-17-19-21-23-25-27-29-31-33-35-37-39-41-43-45-47-49-51-53-56-62-70-64-58-60-67-72(70)76-74(66-12-8-4)75(69-55-11-7-3)77-73-68-61-59-65-71(73)63-57-54-52-50-48-46-44-42-40-38-36-34-32-30-28-26-24-22-20-18-16-14-10-6-2/h58-61,64-65,67-68H,5-50,55-57,62-63,66,69H2,1-4H3. The molecule has 2 aromatic rings. The summed E-state index contributed by atoms with van der Waals surface area (Å²) in [5, 5.41) is 0. The summed E-state index contributed by atoms with van der Waals surface area (Å²) in [6.07, 6.45) is 70.4. The van der Waals surface area contributed by atoms with Gasteiger partial charge in [-0.05, 0) is 74.6 Å². The fourth-order valence-corrected chi connectivity index (χ4v) is 11.1. The highest BCUT2D eigenvalue weighted by atomic mass is 14.8. The van der Waals surface area contributed by atoms with Crippen LogP contribution < -0.4 is 0 Å². The van der Waals surface area contributed by atoms with Gasteiger partial charge < -0.3 is 0 Å². The van der Waals surface area contributed by atoms with Crippen molar-refractivity contribution >= 4 is 22.8 Å². The molecule has 0 aromatic heterocycles. The number of aryl methyl sites for hydroxylation is 2. The molecule has 0 fully saturated rings. The molecule has 0 radical (unpaired) electrons. The highest BCUT2D eigenvalue weighted by Gasteiger charge is 2.13. The largest absolute Gasteiger partial charge is 0.251 e. The van der Waals surface area contributed by atoms with Crippen LogP contribution in [0.2, 0.25) is 0 Å². The average molecular weight is 1060 g/mol. The van der Waals surface area contributed by atoms with Crippen molar-refractivity contribution in [2.75, 3.05) is 0 Å². The van der Waals surface area contributed by atoms with Gasteiger partial charge in [0.15, 0.2) is 0 Å². The van der Waals surface area contributed by atoms with E-state index in [4.69, 9.17) is 9.98 Å². The van der Waals surface area contributed by atoms with E-state index in [9.17, 15) is 0 Å². The minimum atomic E-state index is 0.892. The van der Waals surface area contributed by atoms with Gasteiger partial charge in [0, 0.05) is 25.7 Å². The zero-order valence-electron chi connectivity index (χ0n) is 52.0. The van der Waals surface area contributed by atoms with Crippen LogP contribution in [0, 0.1) is 23.7 Å². The van der Waals surface area contributed by atoms with Gasteiger partial charge in [0.1, 0.15) is 0 Å². The smallest absolute Gasteiger partial charge is 0.0666 e. The number of unbranched alkanes of at least 4 members (excludes halogenated alkanes) is 43. The first-order valence-corrected chi connectivity index (χ1v) is 34.5. The fourth-order valence-electron chi connectivity index (χ4n) is 11.1. The van der Waals surface area contributed by atoms with Gasteiger partial charge >= 0.3 is 0 Å². The number of para-hydroxylation sites is 2. The lowest BCUT2D eigenvalue weighted by atomic mass is 10.0. The Bertz CT molecular complexity index is 1770. The second-order valence-corrected chi connectivity index (χ2v) is 23.6. The topological polar surface area (TPSA) is 24.7 Å². The molecule has 0 aliphatic heterocycles. The van der Waals surface area contributed by atoms with Crippen molar-refractivity contribution in [1.29, 1.82) is 0 Å². The Hall–Kier alpha value is -3.10. The average Bonchev–Trinajstić information content (AvgIpc) is 3.45. The molecule has 0 saturated carbocycles. The maximum absolute atomic E-state index is 5.50. The molecule has 0 bridgehead atoms. The van der Waals surface area contributed by atoms with Crippen molar-refractivity contribution in [1.82, 2.24) is 0 Å². The van der Waals surface area contributed by atoms with E-state index in [2.05, 4.69) is 99.9 Å². The quantitative estimate of drug-likeness (QED) is 0.0358. The molecule has 2 rings (SSSR count). The number of aliphatic imine (C=N–C) groups is 2. The van der Waals surface area contributed by atoms with Gasteiger partial charge in [-0.3, -0.25) is 9.98 Å². The van der Waals surface area contributed by atoms with Crippen LogP contribution in [0.3, 0.4) is 0 Å². The van der Waals surface area contributed by atoms with E-state index in [-0.39, 0.29) is 0 Å². The summed E-state index contributed by atoms with van der Waals surface area (Å²) in [6, 6.07) is 17.6. The molecule has 0 atom stereocenters. The van der Waals surface area contributed by atoms with E-state index in [1.165, 1.54) is 292 Å². The predicted molar refractivity (Wildman–Crippen MR) is 348 cm³/mol. The molecule has 0 saturated heterocycles. The maximum Gasteiger partial charge on any atom is 0.0666 e. The molecule has 0 heterocycles. The molecule has 77 heavy (non-hydrogen) atoms. The molecule has 0 spiro atoms. The van der Waals surface area contributed by atoms with Gasteiger partial charge in [-0.2, -0.15) is 0 Å². The third-order valence-corrected chi connectivity index (χ3v) is 16.2. The van der Waals surface area contributed by atoms with Crippen LogP contribution in [0.15, 0.2) is 58.5 Å². The Morgan fingerprint density at radius 3 is 0.792 bits per heavy atom. The highest BCUT2D eigenvalue weighted by Crippen LogP contribution is 2.26. The SMILES string of the molecule is CCCCCCCCCCCCCCCCCCCCCCC#CCCc1ccccc1N=C(CCCC)C(CCCCC)=Nc1ccccc1CCC#CCCCCCCCCCCCCCCCCCCCCCC. The summed E-state index contributed by atoms with van der Waals surface area (Å²) < 4.78 is 0. The number of nitrogens with zero attached hydrogens (tertiary/aromatic N) is 2. The number of rotatable bonds is 54. The Labute approximate surface area is 481 Å². The van der Waals surface area contributed by atoms with Crippen molar-refractivity contribution < 1.29 is 0 Å². The van der Waals surface area contributed by atoms with Gasteiger partial charge in [0.25, 0.3) is 0 Å². The molecule has 0 amide bonds. The Kier molecular flexibility index (Phi) is 51.1. The molecule has 0 aliphatic carbocycles. The molecule has 2 nitrogen and oxygen atoms in total. The first kappa shape index (κ1) is 70.0. The van der Waals surface area contributed by atoms with E-state index < -0.39 is 0 Å². The van der Waals surface area contributed by atoms with Crippen molar-refractivity contribution in [3.63, 3.8) is 0 Å². The molecule has 2 aromatic carbocycles. The summed E-state index contributed by atoms with van der Waals surface area (Å²) in [7, 11) is 0. The van der Waals surface area contributed by atoms with E-state index in [1.54, 1.807) is 0 Å². The van der Waals surface area contributed by atoms with Gasteiger partial charge in [0.2, 0.25) is 0 Å². The monoisotopic (exact) mass is 1050 g/mol. The van der Waals surface area contributed by atoms with Gasteiger partial charge in [0.05, 0.1) is 22.8 Å². The number of hydrogen-bond acceptors (Lipinski definition) is 2. The van der Waals surface area contributed by atoms with Crippen molar-refractivity contribution in [2.24, 2.45) is 9.98 Å². The Morgan fingerprint density at radius 2 is 0.494 bits per heavy atom. The van der Waals surface area contributed by atoms with E-state index in [0.717, 1.165) is 82.0 Å². The third-order valence-electron chi connectivity index (χ3n) is 16.2. The Morgan fingerprint density at radius 1 is 0.260 bits per heavy atom. The Balaban J connectivity index is 1.72. The lowest BCUT2D eigenvalue weighted by molar-refractivity contribution is 0.522. The van der Waals surface area contributed by atoms with E-state index in [0.29, 0.717) is 0 Å². The summed E-state index contributed by atoms with van der Waals surface area (Å²) in [6.45, 7) is 9.20. The van der Waals surface area contributed by atoms with Crippen LogP contribution in [0.1, 0.15) is 366 Å². The van der Waals surface area contributed by atoms with Gasteiger partial charge in [-0.1, -0.05) is 327 Å². The number of benzene rings is 2. The zero-order chi connectivity index (χ0) is 54.8. The van der Waals surface area contributed by atoms with Crippen molar-refractivity contribution in [2.45, 2.75) is 368 Å². The van der Waals surface area contributed by atoms with Crippen LogP contribution >= 0.6 is 0 Å². The molecule has 436 valence electrons. The molecular formula is C75H126N2. The maximum atomic E-state index is 5.50. The molecule has 2 heteroatoms. The molecule has 0 unspecified atom stereocenters. The van der Waals surface area contributed by atoms with Crippen LogP contribution in [0.5, 0.6) is 0 Å². The lowest BCUT2D eigenvalue weighted by Gasteiger charge is -2.14. The summed E-state index contributed by atoms with van der Waals surface area (Å²) >= 11 is 0. The molecule has 0 N–H and O–H groups in total. The lowest BCUT2D eigenvalue weighted by Crippen LogP contribution is -2.15. The minimum absolute atomic E-state index is 0.892. The number of hydrogen-bond donors (Lipinski definition) is 0. The van der Waals surface area contributed by atoms with Crippen LogP contribution in [-0.4, -0.2) is 11.4 Å². The van der Waals surface area contributed by atoms with E-state index >= 15 is 0 Å². The normalized spacial score (nSPS) is 11.7. The first-order valence-electron chi connectivity index (χ1n) is 34.5. The predicted octanol–water partition coefficient (Wildman–Crippen LogP) is 25.6. The summed E-state index contributed by atoms with van der Waals surface area (Å²) in [5.74, 6) is 14.1. The second kappa shape index (κ2) is 56.2. The van der Waals surface area contributed by atoms with Gasteiger partial charge in [-0.15, -0.1) is 23.7 Å². The molecule has 0 aliphatic rings. The van der Waals surface area contributed by atoms with Gasteiger partial charge in [-0.25, -0.2) is 0 Å². The molecular weight excluding hydrogens is 929 g/mol. The second-order valence-electron chi connectivity index (χ2n) is 23.6. The third kappa shape index (κ3) is 43.4. The van der Waals surface area contributed by atoms with E-state index in [1.807, 2.05) is 0 Å². The minimum Gasteiger partial charge on any atom is -0.251 e. The first-order chi connectivity index (χ1) is 38.2. The zero-order valence-corrected chi connectivity index (χ0v) is 52.0. The van der Waals surface area contributed by atoms with Crippen LogP contribution in [0.25, 0.3) is 0 Å². The van der Waals surface area contributed by atoms with Crippen molar-refractivity contribution in [3.8, 4) is 23.7 Å². The fraction of sp³-hybridized carbons (Fsp3) is 0.760. The summed E-state index contributed by atoms with van der Waals surface area (Å²) in [4.78, 5) is 11.0. The van der Waals surface area contributed by atoms with Crippen LogP contribution in [0.4, 0.5) is 11.4 Å². The summed E-state index contributed by atoms with van der Waals surface area (Å²) in [5.41, 5.74) is 7.15. The van der Waals surface area contributed by atoms with Crippen LogP contribution in [-0.2, 0) is 12.8 Å². The van der Waals surface area contributed by atoms with Crippen molar-refractivity contribution in [3.05, 3.63) is 59.7 Å². The highest BCUT2D eigenvalue weighted by molar-refractivity contribution is 6.43.